The second kappa shape index (κ2) is 7.16. The summed E-state index contributed by atoms with van der Waals surface area (Å²) in [6.45, 7) is 5.14. The van der Waals surface area contributed by atoms with E-state index in [0.29, 0.717) is 32.7 Å². The molecule has 0 aliphatic rings. The van der Waals surface area contributed by atoms with E-state index in [1.54, 1.807) is 21.0 Å². The summed E-state index contributed by atoms with van der Waals surface area (Å²) < 4.78 is 30.1. The van der Waals surface area contributed by atoms with Crippen molar-refractivity contribution in [3.8, 4) is 0 Å². The van der Waals surface area contributed by atoms with Gasteiger partial charge in [-0.3, -0.25) is 0 Å². The van der Waals surface area contributed by atoms with Gasteiger partial charge in [0.1, 0.15) is 0 Å². The average Bonchev–Trinajstić information content (AvgIpc) is 2.17. The maximum absolute atomic E-state index is 11.9. The van der Waals surface area contributed by atoms with Gasteiger partial charge in [0, 0.05) is 20.2 Å². The maximum atomic E-state index is 11.9. The van der Waals surface area contributed by atoms with Gasteiger partial charge in [-0.2, -0.15) is 4.31 Å². The topological polar surface area (TPSA) is 72.6 Å². The average molecular weight is 238 g/mol. The molecule has 2 N–H and O–H groups in total. The van der Waals surface area contributed by atoms with E-state index in [9.17, 15) is 8.42 Å². The molecule has 0 unspecified atom stereocenters. The zero-order valence-electron chi connectivity index (χ0n) is 9.77. The minimum atomic E-state index is -3.19. The van der Waals surface area contributed by atoms with E-state index in [1.165, 1.54) is 4.31 Å². The number of sulfonamides is 1. The van der Waals surface area contributed by atoms with Crippen molar-refractivity contribution in [2.24, 2.45) is 5.73 Å². The van der Waals surface area contributed by atoms with Gasteiger partial charge >= 0.3 is 0 Å². The molecule has 0 bridgehead atoms. The summed E-state index contributed by atoms with van der Waals surface area (Å²) in [7, 11) is -1.63. The molecule has 0 amide bonds. The van der Waals surface area contributed by atoms with E-state index in [2.05, 4.69) is 0 Å². The van der Waals surface area contributed by atoms with Crippen LogP contribution in [0.3, 0.4) is 0 Å². The molecule has 15 heavy (non-hydrogen) atoms. The fraction of sp³-hybridized carbons (Fsp3) is 1.00. The molecule has 92 valence electrons. The van der Waals surface area contributed by atoms with Gasteiger partial charge in [0.15, 0.2) is 0 Å². The molecule has 0 radical (unpaired) electrons. The maximum Gasteiger partial charge on any atom is 0.216 e. The third-order valence-electron chi connectivity index (χ3n) is 2.11. The number of rotatable bonds is 8. The highest BCUT2D eigenvalue weighted by Gasteiger charge is 2.24. The van der Waals surface area contributed by atoms with Crippen molar-refractivity contribution < 1.29 is 13.2 Å². The van der Waals surface area contributed by atoms with Crippen LogP contribution in [0.25, 0.3) is 0 Å². The van der Waals surface area contributed by atoms with Gasteiger partial charge in [0.05, 0.1) is 11.9 Å². The Balaban J connectivity index is 4.46. The highest BCUT2D eigenvalue weighted by Crippen LogP contribution is 2.08. The Bertz CT molecular complexity index is 244. The van der Waals surface area contributed by atoms with Crippen LogP contribution in [-0.4, -0.2) is 51.3 Å². The highest BCUT2D eigenvalue weighted by atomic mass is 32.2. The molecule has 0 aromatic heterocycles. The van der Waals surface area contributed by atoms with E-state index < -0.39 is 15.3 Å². The number of hydrogen-bond acceptors (Lipinski definition) is 4. The first kappa shape index (κ1) is 14.8. The molecule has 5 nitrogen and oxygen atoms in total. The van der Waals surface area contributed by atoms with Gasteiger partial charge in [0.2, 0.25) is 10.0 Å². The number of nitrogens with two attached hydrogens (primary N) is 1. The van der Waals surface area contributed by atoms with Gasteiger partial charge < -0.3 is 10.5 Å². The van der Waals surface area contributed by atoms with E-state index in [1.807, 2.05) is 0 Å². The Morgan fingerprint density at radius 1 is 1.33 bits per heavy atom. The molecule has 0 aromatic rings. The minimum Gasteiger partial charge on any atom is -0.383 e. The van der Waals surface area contributed by atoms with Crippen LogP contribution in [-0.2, 0) is 14.8 Å². The Hall–Kier alpha value is -0.170. The van der Waals surface area contributed by atoms with E-state index >= 15 is 0 Å². The summed E-state index contributed by atoms with van der Waals surface area (Å²) in [4.78, 5) is 0. The minimum absolute atomic E-state index is 0.396. The third-order valence-corrected chi connectivity index (χ3v) is 4.39. The molecule has 6 heteroatoms. The first-order valence-electron chi connectivity index (χ1n) is 5.14. The lowest BCUT2D eigenvalue weighted by atomic mass is 10.4. The molecule has 0 fully saturated rings. The van der Waals surface area contributed by atoms with Crippen molar-refractivity contribution in [2.75, 3.05) is 33.4 Å². The molecule has 0 rings (SSSR count). The normalized spacial score (nSPS) is 12.7. The molecule has 0 heterocycles. The van der Waals surface area contributed by atoms with Gasteiger partial charge in [-0.1, -0.05) is 0 Å². The zero-order chi connectivity index (χ0) is 11.9. The first-order chi connectivity index (χ1) is 6.96. The second-order valence-electron chi connectivity index (χ2n) is 3.63. The van der Waals surface area contributed by atoms with Crippen LogP contribution >= 0.6 is 0 Å². The van der Waals surface area contributed by atoms with E-state index in [-0.39, 0.29) is 0 Å². The molecule has 0 atom stereocenters. The van der Waals surface area contributed by atoms with Crippen LogP contribution in [0.15, 0.2) is 0 Å². The quantitative estimate of drug-likeness (QED) is 0.647. The zero-order valence-corrected chi connectivity index (χ0v) is 10.6. The predicted octanol–water partition coefficient (Wildman–Crippen LogP) is 0.0218. The van der Waals surface area contributed by atoms with Crippen LogP contribution in [0.5, 0.6) is 0 Å². The van der Waals surface area contributed by atoms with Gasteiger partial charge in [-0.25, -0.2) is 8.42 Å². The summed E-state index contributed by atoms with van der Waals surface area (Å²) >= 11 is 0. The molecule has 0 aliphatic carbocycles. The first-order valence-corrected chi connectivity index (χ1v) is 6.65. The van der Waals surface area contributed by atoms with Crippen molar-refractivity contribution >= 4 is 10.0 Å². The van der Waals surface area contributed by atoms with Crippen LogP contribution in [0.1, 0.15) is 20.3 Å². The fourth-order valence-electron chi connectivity index (χ4n) is 1.13. The van der Waals surface area contributed by atoms with Gasteiger partial charge in [0.25, 0.3) is 0 Å². The largest absolute Gasteiger partial charge is 0.383 e. The van der Waals surface area contributed by atoms with Crippen LogP contribution in [0.4, 0.5) is 0 Å². The second-order valence-corrected chi connectivity index (χ2v) is 6.12. The van der Waals surface area contributed by atoms with Crippen LogP contribution < -0.4 is 5.73 Å². The smallest absolute Gasteiger partial charge is 0.216 e. The SMILES string of the molecule is COCCN(CCCN)S(=O)(=O)C(C)C. The fourth-order valence-corrected chi connectivity index (χ4v) is 2.43. The highest BCUT2D eigenvalue weighted by molar-refractivity contribution is 7.89. The van der Waals surface area contributed by atoms with Crippen molar-refractivity contribution in [1.82, 2.24) is 4.31 Å². The molecule has 0 spiro atoms. The van der Waals surface area contributed by atoms with E-state index in [4.69, 9.17) is 10.5 Å². The number of methoxy groups -OCH3 is 1. The number of ether oxygens (including phenoxy) is 1. The third kappa shape index (κ3) is 4.92. The molecule has 0 saturated heterocycles. The summed E-state index contributed by atoms with van der Waals surface area (Å²) in [6.07, 6.45) is 0.676. The number of nitrogens with zero attached hydrogens (tertiary/aromatic N) is 1. The molecule has 0 aliphatic heterocycles. The predicted molar refractivity (Wildman–Crippen MR) is 61.2 cm³/mol. The summed E-state index contributed by atoms with van der Waals surface area (Å²) in [5.41, 5.74) is 5.37. The van der Waals surface area contributed by atoms with Gasteiger partial charge in [-0.05, 0) is 26.8 Å². The van der Waals surface area contributed by atoms with Crippen LogP contribution in [0.2, 0.25) is 0 Å². The Kier molecular flexibility index (Phi) is 7.08. The lowest BCUT2D eigenvalue weighted by Crippen LogP contribution is -2.39. The van der Waals surface area contributed by atoms with Crippen molar-refractivity contribution in [2.45, 2.75) is 25.5 Å². The van der Waals surface area contributed by atoms with Gasteiger partial charge in [-0.15, -0.1) is 0 Å². The summed E-state index contributed by atoms with van der Waals surface area (Å²) in [5.74, 6) is 0. The lowest BCUT2D eigenvalue weighted by molar-refractivity contribution is 0.178. The van der Waals surface area contributed by atoms with Crippen molar-refractivity contribution in [3.05, 3.63) is 0 Å². The Morgan fingerprint density at radius 2 is 1.93 bits per heavy atom. The van der Waals surface area contributed by atoms with E-state index in [0.717, 1.165) is 0 Å². The van der Waals surface area contributed by atoms with Crippen molar-refractivity contribution in [1.29, 1.82) is 0 Å². The monoisotopic (exact) mass is 238 g/mol. The summed E-state index contributed by atoms with van der Waals surface area (Å²) in [5, 5.41) is -0.396. The van der Waals surface area contributed by atoms with Crippen LogP contribution in [0, 0.1) is 0 Å². The summed E-state index contributed by atoms with van der Waals surface area (Å²) in [6, 6.07) is 0. The molecular weight excluding hydrogens is 216 g/mol. The molecule has 0 saturated carbocycles. The standard InChI is InChI=1S/C9H22N2O3S/c1-9(2)15(12,13)11(6-4-5-10)7-8-14-3/h9H,4-8,10H2,1-3H3. The Labute approximate surface area is 92.6 Å². The molecular formula is C9H22N2O3S. The molecule has 0 aromatic carbocycles. The number of hydrogen-bond donors (Lipinski definition) is 1. The Morgan fingerprint density at radius 3 is 2.33 bits per heavy atom. The lowest BCUT2D eigenvalue weighted by Gasteiger charge is -2.23. The van der Waals surface area contributed by atoms with Crippen molar-refractivity contribution in [3.63, 3.8) is 0 Å².